The molecule has 1 amide bonds. The summed E-state index contributed by atoms with van der Waals surface area (Å²) in [6.45, 7) is 4.46. The summed E-state index contributed by atoms with van der Waals surface area (Å²) in [6.07, 6.45) is -7.40. The molecule has 0 aromatic heterocycles. The van der Waals surface area contributed by atoms with Gasteiger partial charge >= 0.3 is 18.2 Å². The highest BCUT2D eigenvalue weighted by molar-refractivity contribution is 7.92. The summed E-state index contributed by atoms with van der Waals surface area (Å²) in [5.41, 5.74) is -2.62. The lowest BCUT2D eigenvalue weighted by atomic mass is 10.1. The van der Waals surface area contributed by atoms with Crippen molar-refractivity contribution in [2.75, 3.05) is 16.2 Å². The van der Waals surface area contributed by atoms with Gasteiger partial charge in [0.15, 0.2) is 0 Å². The summed E-state index contributed by atoms with van der Waals surface area (Å²) in [5, 5.41) is 11.4. The Bertz CT molecular complexity index is 1310. The van der Waals surface area contributed by atoms with Crippen molar-refractivity contribution < 1.29 is 50.1 Å². The summed E-state index contributed by atoms with van der Waals surface area (Å²) in [4.78, 5) is 22.3. The molecule has 1 heterocycles. The second kappa shape index (κ2) is 10.1. The Labute approximate surface area is 210 Å². The number of hydrogen-bond donors (Lipinski definition) is 2. The Balaban J connectivity index is 2.05. The number of alkyl halides is 3. The van der Waals surface area contributed by atoms with Crippen LogP contribution in [0.3, 0.4) is 0 Å². The van der Waals surface area contributed by atoms with Gasteiger partial charge in [-0.15, -0.1) is 0 Å². The fraction of sp³-hybridized carbons (Fsp3) is 0.391. The van der Waals surface area contributed by atoms with Gasteiger partial charge in [0.05, 0.1) is 22.7 Å². The number of carboxylic acid groups (broad SMARTS) is 1. The molecule has 0 aliphatic carbocycles. The Morgan fingerprint density at radius 2 is 1.84 bits per heavy atom. The molecular weight excluding hydrogens is 524 g/mol. The first-order valence-electron chi connectivity index (χ1n) is 10.9. The lowest BCUT2D eigenvalue weighted by Crippen LogP contribution is -2.43. The lowest BCUT2D eigenvalue weighted by molar-refractivity contribution is -0.140. The molecule has 3 rings (SSSR count). The standard InChI is InChI=1S/C23H24F4N2O7S/c1-22(2,3)36-21(32)28-13-4-8-19-18(10-13)29(12-14(35-19)5-9-20(30)31)37(33,34)15-6-7-17(24)16(11-15)23(25,26)27/h4,6-8,10-11,14H,5,9,12H2,1-3H3,(H,28,32)(H,30,31). The minimum absolute atomic E-state index is 0.0156. The van der Waals surface area contributed by atoms with Crippen LogP contribution in [-0.2, 0) is 25.7 Å². The molecule has 2 aromatic rings. The molecule has 14 heteroatoms. The molecule has 1 aliphatic rings. The number of carbonyl (C=O) groups excluding carboxylic acids is 1. The summed E-state index contributed by atoms with van der Waals surface area (Å²) < 4.78 is 92.2. The predicted molar refractivity (Wildman–Crippen MR) is 124 cm³/mol. The fourth-order valence-corrected chi connectivity index (χ4v) is 5.01. The summed E-state index contributed by atoms with van der Waals surface area (Å²) in [6, 6.07) is 5.22. The van der Waals surface area contributed by atoms with E-state index in [1.54, 1.807) is 20.8 Å². The summed E-state index contributed by atoms with van der Waals surface area (Å²) >= 11 is 0. The number of carboxylic acids is 1. The quantitative estimate of drug-likeness (QED) is 0.487. The number of ether oxygens (including phenoxy) is 2. The Morgan fingerprint density at radius 3 is 2.43 bits per heavy atom. The normalized spacial score (nSPS) is 16.0. The van der Waals surface area contributed by atoms with Crippen LogP contribution in [0.15, 0.2) is 41.3 Å². The van der Waals surface area contributed by atoms with E-state index in [2.05, 4.69) is 5.32 Å². The number of nitrogens with zero attached hydrogens (tertiary/aromatic N) is 1. The largest absolute Gasteiger partial charge is 0.486 e. The van der Waals surface area contributed by atoms with Crippen molar-refractivity contribution in [1.82, 2.24) is 0 Å². The number of fused-ring (bicyclic) bond motifs is 1. The molecule has 0 saturated heterocycles. The van der Waals surface area contributed by atoms with Gasteiger partial charge in [0.1, 0.15) is 23.3 Å². The van der Waals surface area contributed by atoms with Crippen LogP contribution in [-0.4, -0.2) is 43.8 Å². The number of sulfonamides is 1. The molecule has 2 aromatic carbocycles. The van der Waals surface area contributed by atoms with Crippen molar-refractivity contribution in [3.63, 3.8) is 0 Å². The van der Waals surface area contributed by atoms with Crippen LogP contribution >= 0.6 is 0 Å². The zero-order valence-electron chi connectivity index (χ0n) is 19.9. The second-order valence-electron chi connectivity index (χ2n) is 9.16. The average molecular weight is 549 g/mol. The van der Waals surface area contributed by atoms with Gasteiger partial charge in [0, 0.05) is 12.1 Å². The average Bonchev–Trinajstić information content (AvgIpc) is 2.75. The van der Waals surface area contributed by atoms with Crippen molar-refractivity contribution in [1.29, 1.82) is 0 Å². The van der Waals surface area contributed by atoms with E-state index in [1.807, 2.05) is 0 Å². The van der Waals surface area contributed by atoms with Crippen LogP contribution in [0.25, 0.3) is 0 Å². The van der Waals surface area contributed by atoms with E-state index in [4.69, 9.17) is 14.6 Å². The molecule has 0 spiro atoms. The summed E-state index contributed by atoms with van der Waals surface area (Å²) in [5.74, 6) is -2.82. The van der Waals surface area contributed by atoms with Gasteiger partial charge in [-0.1, -0.05) is 0 Å². The summed E-state index contributed by atoms with van der Waals surface area (Å²) in [7, 11) is -4.73. The molecule has 2 N–H and O–H groups in total. The van der Waals surface area contributed by atoms with Gasteiger partial charge in [-0.05, 0) is 63.6 Å². The number of anilines is 2. The maximum Gasteiger partial charge on any atom is 0.419 e. The van der Waals surface area contributed by atoms with Gasteiger partial charge < -0.3 is 14.6 Å². The number of halogens is 4. The van der Waals surface area contributed by atoms with Gasteiger partial charge in [0.25, 0.3) is 10.0 Å². The van der Waals surface area contributed by atoms with E-state index in [1.165, 1.54) is 18.2 Å². The van der Waals surface area contributed by atoms with Crippen LogP contribution < -0.4 is 14.4 Å². The number of benzene rings is 2. The second-order valence-corrected chi connectivity index (χ2v) is 11.0. The lowest BCUT2D eigenvalue weighted by Gasteiger charge is -2.35. The van der Waals surface area contributed by atoms with E-state index in [0.29, 0.717) is 12.1 Å². The van der Waals surface area contributed by atoms with Gasteiger partial charge in [-0.2, -0.15) is 13.2 Å². The Morgan fingerprint density at radius 1 is 1.16 bits per heavy atom. The predicted octanol–water partition coefficient (Wildman–Crippen LogP) is 5.01. The van der Waals surface area contributed by atoms with Crippen LogP contribution in [0, 0.1) is 5.82 Å². The molecule has 1 aliphatic heterocycles. The molecule has 0 saturated carbocycles. The smallest absolute Gasteiger partial charge is 0.419 e. The van der Waals surface area contributed by atoms with Crippen molar-refractivity contribution in [2.24, 2.45) is 0 Å². The SMILES string of the molecule is CC(C)(C)OC(=O)Nc1ccc2c(c1)N(S(=O)(=O)c1ccc(F)c(C(F)(F)F)c1)CC(CCC(=O)O)O2. The van der Waals surface area contributed by atoms with Crippen LogP contribution in [0.4, 0.5) is 33.7 Å². The van der Waals surface area contributed by atoms with Crippen molar-refractivity contribution in [3.8, 4) is 5.75 Å². The maximum atomic E-state index is 13.8. The van der Waals surface area contributed by atoms with E-state index < -0.39 is 62.8 Å². The fourth-order valence-electron chi connectivity index (χ4n) is 3.48. The van der Waals surface area contributed by atoms with E-state index in [0.717, 1.165) is 4.31 Å². The highest BCUT2D eigenvalue weighted by atomic mass is 32.2. The first-order valence-corrected chi connectivity index (χ1v) is 12.3. The topological polar surface area (TPSA) is 122 Å². The van der Waals surface area contributed by atoms with Crippen molar-refractivity contribution in [2.45, 2.75) is 56.4 Å². The third kappa shape index (κ3) is 6.81. The highest BCUT2D eigenvalue weighted by Gasteiger charge is 2.39. The zero-order chi connectivity index (χ0) is 27.8. The molecular formula is C23H24F4N2O7S. The van der Waals surface area contributed by atoms with Crippen molar-refractivity contribution in [3.05, 3.63) is 47.8 Å². The van der Waals surface area contributed by atoms with Crippen LogP contribution in [0.1, 0.15) is 39.2 Å². The van der Waals surface area contributed by atoms with Gasteiger partial charge in [-0.25, -0.2) is 17.6 Å². The Kier molecular flexibility index (Phi) is 7.63. The molecule has 1 atom stereocenters. The number of aliphatic carboxylic acids is 1. The number of amides is 1. The first kappa shape index (κ1) is 28.0. The molecule has 0 radical (unpaired) electrons. The molecule has 9 nitrogen and oxygen atoms in total. The van der Waals surface area contributed by atoms with Crippen LogP contribution in [0.2, 0.25) is 0 Å². The number of hydrogen-bond acceptors (Lipinski definition) is 6. The monoisotopic (exact) mass is 548 g/mol. The number of nitrogens with one attached hydrogen (secondary N) is 1. The van der Waals surface area contributed by atoms with E-state index in [-0.39, 0.29) is 36.0 Å². The molecule has 37 heavy (non-hydrogen) atoms. The van der Waals surface area contributed by atoms with Gasteiger partial charge in [0.2, 0.25) is 0 Å². The third-order valence-electron chi connectivity index (χ3n) is 5.05. The first-order chi connectivity index (χ1) is 17.0. The molecule has 0 fully saturated rings. The Hall–Kier alpha value is -3.55. The number of rotatable bonds is 6. The highest BCUT2D eigenvalue weighted by Crippen LogP contribution is 2.41. The minimum Gasteiger partial charge on any atom is -0.486 e. The van der Waals surface area contributed by atoms with E-state index >= 15 is 0 Å². The van der Waals surface area contributed by atoms with Gasteiger partial charge in [-0.3, -0.25) is 14.4 Å². The maximum absolute atomic E-state index is 13.8. The molecule has 1 unspecified atom stereocenters. The van der Waals surface area contributed by atoms with E-state index in [9.17, 15) is 35.6 Å². The third-order valence-corrected chi connectivity index (χ3v) is 6.82. The zero-order valence-corrected chi connectivity index (χ0v) is 20.7. The van der Waals surface area contributed by atoms with Crippen molar-refractivity contribution >= 4 is 33.5 Å². The minimum atomic E-state index is -5.15. The molecule has 202 valence electrons. The molecule has 0 bridgehead atoms. The van der Waals surface area contributed by atoms with Crippen LogP contribution in [0.5, 0.6) is 5.75 Å². The number of carbonyl (C=O) groups is 2.